The van der Waals surface area contributed by atoms with Crippen LogP contribution in [0.3, 0.4) is 0 Å². The van der Waals surface area contributed by atoms with Gasteiger partial charge in [-0.2, -0.15) is 0 Å². The fourth-order valence-electron chi connectivity index (χ4n) is 0.742. The number of amides is 2. The molecule has 0 aliphatic carbocycles. The van der Waals surface area contributed by atoms with E-state index in [9.17, 15) is 9.59 Å². The van der Waals surface area contributed by atoms with Gasteiger partial charge in [0.05, 0.1) is 6.04 Å². The lowest BCUT2D eigenvalue weighted by molar-refractivity contribution is -0.118. The molecule has 82 valence electrons. The van der Waals surface area contributed by atoms with Crippen LogP contribution in [0.2, 0.25) is 0 Å². The van der Waals surface area contributed by atoms with Crippen molar-refractivity contribution in [1.82, 2.24) is 15.5 Å². The molecule has 0 fully saturated rings. The molecular weight excluding hydrogens is 182 g/mol. The summed E-state index contributed by atoms with van der Waals surface area (Å²) in [5, 5.41) is 5.19. The minimum absolute atomic E-state index is 0.0484. The lowest BCUT2D eigenvalue weighted by Crippen LogP contribution is -2.45. The lowest BCUT2D eigenvalue weighted by atomic mass is 10.2. The normalized spacial score (nSPS) is 12.4. The zero-order valence-corrected chi connectivity index (χ0v) is 9.26. The third-order valence-electron chi connectivity index (χ3n) is 1.80. The molecule has 1 unspecified atom stereocenters. The first-order valence-electron chi connectivity index (χ1n) is 4.63. The lowest BCUT2D eigenvalue weighted by Gasteiger charge is -2.13. The zero-order valence-electron chi connectivity index (χ0n) is 9.26. The summed E-state index contributed by atoms with van der Waals surface area (Å²) in [5.74, 6) is -0.0484. The number of hydrogen-bond acceptors (Lipinski definition) is 3. The first kappa shape index (κ1) is 12.9. The largest absolute Gasteiger partial charge is 0.337 e. The van der Waals surface area contributed by atoms with Gasteiger partial charge in [-0.15, -0.1) is 0 Å². The second kappa shape index (κ2) is 6.37. The Hall–Kier alpha value is -1.10. The summed E-state index contributed by atoms with van der Waals surface area (Å²) in [4.78, 5) is 23.9. The molecule has 0 bridgehead atoms. The summed E-state index contributed by atoms with van der Waals surface area (Å²) < 4.78 is 0. The second-order valence-corrected chi connectivity index (χ2v) is 3.54. The van der Waals surface area contributed by atoms with Gasteiger partial charge in [0.1, 0.15) is 0 Å². The van der Waals surface area contributed by atoms with Crippen molar-refractivity contribution in [3.63, 3.8) is 0 Å². The van der Waals surface area contributed by atoms with Crippen LogP contribution in [0.25, 0.3) is 0 Å². The molecule has 0 aromatic heterocycles. The van der Waals surface area contributed by atoms with Crippen LogP contribution in [-0.2, 0) is 4.79 Å². The highest BCUT2D eigenvalue weighted by atomic mass is 16.2. The standard InChI is InChI=1S/C9H19N3O2/c1-7(8(2)13)11-9(14)10-5-6-12(3)4/h7H,5-6H2,1-4H3,(H2,10,11,14). The first-order chi connectivity index (χ1) is 6.43. The Kier molecular flexibility index (Phi) is 5.87. The molecule has 0 saturated carbocycles. The van der Waals surface area contributed by atoms with Gasteiger partial charge in [0.25, 0.3) is 0 Å². The van der Waals surface area contributed by atoms with Crippen LogP contribution < -0.4 is 10.6 Å². The second-order valence-electron chi connectivity index (χ2n) is 3.54. The molecule has 1 atom stereocenters. The highest BCUT2D eigenvalue weighted by Crippen LogP contribution is 1.82. The molecule has 0 spiro atoms. The van der Waals surface area contributed by atoms with Crippen LogP contribution in [0.4, 0.5) is 4.79 Å². The van der Waals surface area contributed by atoms with Crippen molar-refractivity contribution >= 4 is 11.8 Å². The summed E-state index contributed by atoms with van der Waals surface area (Å²) in [7, 11) is 3.86. The van der Waals surface area contributed by atoms with E-state index in [1.807, 2.05) is 19.0 Å². The number of Topliss-reactive ketones (excluding diaryl/α,β-unsaturated/α-hetero) is 1. The number of nitrogens with one attached hydrogen (secondary N) is 2. The van der Waals surface area contributed by atoms with Gasteiger partial charge < -0.3 is 15.5 Å². The summed E-state index contributed by atoms with van der Waals surface area (Å²) in [6.45, 7) is 4.46. The average Bonchev–Trinajstić information content (AvgIpc) is 2.02. The molecule has 0 aliphatic rings. The predicted octanol–water partition coefficient (Wildman–Crippen LogP) is -0.175. The Balaban J connectivity index is 3.60. The van der Waals surface area contributed by atoms with E-state index in [1.54, 1.807) is 6.92 Å². The van der Waals surface area contributed by atoms with Gasteiger partial charge in [-0.25, -0.2) is 4.79 Å². The van der Waals surface area contributed by atoms with E-state index in [-0.39, 0.29) is 11.8 Å². The van der Waals surface area contributed by atoms with Crippen molar-refractivity contribution in [2.24, 2.45) is 0 Å². The molecule has 5 nitrogen and oxygen atoms in total. The maximum atomic E-state index is 11.1. The van der Waals surface area contributed by atoms with Crippen LogP contribution >= 0.6 is 0 Å². The zero-order chi connectivity index (χ0) is 11.1. The molecule has 2 N–H and O–H groups in total. The molecule has 14 heavy (non-hydrogen) atoms. The maximum absolute atomic E-state index is 11.1. The Morgan fingerprint density at radius 2 is 1.93 bits per heavy atom. The van der Waals surface area contributed by atoms with Crippen molar-refractivity contribution in [3.05, 3.63) is 0 Å². The number of likely N-dealkylation sites (N-methyl/N-ethyl adjacent to an activating group) is 1. The van der Waals surface area contributed by atoms with Gasteiger partial charge in [-0.05, 0) is 27.9 Å². The third-order valence-corrected chi connectivity index (χ3v) is 1.80. The van der Waals surface area contributed by atoms with Gasteiger partial charge in [-0.1, -0.05) is 0 Å². The average molecular weight is 201 g/mol. The smallest absolute Gasteiger partial charge is 0.315 e. The summed E-state index contributed by atoms with van der Waals surface area (Å²) in [6, 6.07) is -0.719. The van der Waals surface area contributed by atoms with Crippen molar-refractivity contribution < 1.29 is 9.59 Å². The summed E-state index contributed by atoms with van der Waals surface area (Å²) >= 11 is 0. The van der Waals surface area contributed by atoms with E-state index < -0.39 is 6.04 Å². The molecule has 0 aliphatic heterocycles. The summed E-state index contributed by atoms with van der Waals surface area (Å²) in [5.41, 5.74) is 0. The number of rotatable bonds is 5. The maximum Gasteiger partial charge on any atom is 0.315 e. The van der Waals surface area contributed by atoms with E-state index >= 15 is 0 Å². The minimum Gasteiger partial charge on any atom is -0.337 e. The van der Waals surface area contributed by atoms with Gasteiger partial charge in [0.2, 0.25) is 0 Å². The minimum atomic E-state index is -0.422. The highest BCUT2D eigenvalue weighted by molar-refractivity contribution is 5.86. The molecule has 0 radical (unpaired) electrons. The predicted molar refractivity (Wildman–Crippen MR) is 55.2 cm³/mol. The van der Waals surface area contributed by atoms with Crippen molar-refractivity contribution in [2.45, 2.75) is 19.9 Å². The fraction of sp³-hybridized carbons (Fsp3) is 0.778. The fourth-order valence-corrected chi connectivity index (χ4v) is 0.742. The highest BCUT2D eigenvalue weighted by Gasteiger charge is 2.09. The van der Waals surface area contributed by atoms with E-state index in [4.69, 9.17) is 0 Å². The Labute approximate surface area is 84.8 Å². The van der Waals surface area contributed by atoms with Crippen LogP contribution in [0, 0.1) is 0 Å². The van der Waals surface area contributed by atoms with Crippen LogP contribution in [0.1, 0.15) is 13.8 Å². The van der Waals surface area contributed by atoms with Gasteiger partial charge >= 0.3 is 6.03 Å². The molecule has 0 saturated heterocycles. The van der Waals surface area contributed by atoms with E-state index in [2.05, 4.69) is 10.6 Å². The molecule has 2 amide bonds. The number of urea groups is 1. The van der Waals surface area contributed by atoms with Crippen molar-refractivity contribution in [2.75, 3.05) is 27.2 Å². The van der Waals surface area contributed by atoms with Gasteiger partial charge in [0, 0.05) is 13.1 Å². The number of hydrogen-bond donors (Lipinski definition) is 2. The Bertz CT molecular complexity index is 204. The molecule has 0 rings (SSSR count). The van der Waals surface area contributed by atoms with Crippen LogP contribution in [-0.4, -0.2) is 49.9 Å². The number of carbonyl (C=O) groups excluding carboxylic acids is 2. The Morgan fingerprint density at radius 1 is 1.36 bits per heavy atom. The third kappa shape index (κ3) is 6.42. The number of ketones is 1. The van der Waals surface area contributed by atoms with Crippen LogP contribution in [0.15, 0.2) is 0 Å². The molecular formula is C9H19N3O2. The number of nitrogens with zero attached hydrogens (tertiary/aromatic N) is 1. The van der Waals surface area contributed by atoms with Crippen molar-refractivity contribution in [1.29, 1.82) is 0 Å². The Morgan fingerprint density at radius 3 is 2.36 bits per heavy atom. The molecule has 5 heteroatoms. The van der Waals surface area contributed by atoms with E-state index in [0.29, 0.717) is 6.54 Å². The van der Waals surface area contributed by atoms with E-state index in [1.165, 1.54) is 6.92 Å². The quantitative estimate of drug-likeness (QED) is 0.649. The summed E-state index contributed by atoms with van der Waals surface area (Å²) in [6.07, 6.45) is 0. The van der Waals surface area contributed by atoms with Gasteiger partial charge in [-0.3, -0.25) is 4.79 Å². The monoisotopic (exact) mass is 201 g/mol. The van der Waals surface area contributed by atoms with Gasteiger partial charge in [0.15, 0.2) is 5.78 Å². The van der Waals surface area contributed by atoms with Crippen molar-refractivity contribution in [3.8, 4) is 0 Å². The number of carbonyl (C=O) groups is 2. The first-order valence-corrected chi connectivity index (χ1v) is 4.63. The SMILES string of the molecule is CC(=O)C(C)NC(=O)NCCN(C)C. The molecule has 0 aromatic carbocycles. The molecule has 0 aromatic rings. The van der Waals surface area contributed by atoms with E-state index in [0.717, 1.165) is 6.54 Å². The molecule has 0 heterocycles. The van der Waals surface area contributed by atoms with Crippen LogP contribution in [0.5, 0.6) is 0 Å². The topological polar surface area (TPSA) is 61.4 Å².